The number of amides is 1. The maximum Gasteiger partial charge on any atom is 0.228 e. The smallest absolute Gasteiger partial charge is 0.228 e. The highest BCUT2D eigenvalue weighted by atomic mass is 35.5. The van der Waals surface area contributed by atoms with E-state index in [9.17, 15) is 9.90 Å². The molecule has 0 aliphatic carbocycles. The number of rotatable bonds is 6. The van der Waals surface area contributed by atoms with Crippen LogP contribution in [0.4, 0.5) is 0 Å². The lowest BCUT2D eigenvalue weighted by atomic mass is 10.1. The molecule has 140 valence electrons. The van der Waals surface area contributed by atoms with E-state index >= 15 is 0 Å². The van der Waals surface area contributed by atoms with E-state index in [-0.39, 0.29) is 18.1 Å². The van der Waals surface area contributed by atoms with Crippen LogP contribution in [0, 0.1) is 0 Å². The van der Waals surface area contributed by atoms with Gasteiger partial charge >= 0.3 is 0 Å². The third-order valence-corrected chi connectivity index (χ3v) is 4.32. The molecule has 0 bridgehead atoms. The highest BCUT2D eigenvalue weighted by Gasteiger charge is 2.12. The summed E-state index contributed by atoms with van der Waals surface area (Å²) in [6.45, 7) is 1.32. The Bertz CT molecular complexity index is 879. The first kappa shape index (κ1) is 18.8. The molecular formula is C20H20ClN3O3. The van der Waals surface area contributed by atoms with Crippen molar-refractivity contribution in [2.24, 2.45) is 0 Å². The highest BCUT2D eigenvalue weighted by molar-refractivity contribution is 6.30. The summed E-state index contributed by atoms with van der Waals surface area (Å²) >= 11 is 5.91. The lowest BCUT2D eigenvalue weighted by Crippen LogP contribution is -2.28. The van der Waals surface area contributed by atoms with E-state index < -0.39 is 0 Å². The van der Waals surface area contributed by atoms with Crippen LogP contribution in [0.3, 0.4) is 0 Å². The van der Waals surface area contributed by atoms with Gasteiger partial charge in [-0.15, -0.1) is 0 Å². The van der Waals surface area contributed by atoms with Gasteiger partial charge in [-0.25, -0.2) is 0 Å². The zero-order valence-electron chi connectivity index (χ0n) is 14.9. The van der Waals surface area contributed by atoms with Gasteiger partial charge in [0.1, 0.15) is 11.5 Å². The van der Waals surface area contributed by atoms with E-state index in [1.54, 1.807) is 25.4 Å². The minimum atomic E-state index is -0.214. The largest absolute Gasteiger partial charge is 0.508 e. The number of carbonyl (C=O) groups excluding carboxylic acids is 1. The first-order valence-electron chi connectivity index (χ1n) is 8.42. The van der Waals surface area contributed by atoms with Gasteiger partial charge in [-0.1, -0.05) is 11.6 Å². The second kappa shape index (κ2) is 8.60. The van der Waals surface area contributed by atoms with Gasteiger partial charge in [-0.3, -0.25) is 9.78 Å². The van der Waals surface area contributed by atoms with Crippen molar-refractivity contribution >= 4 is 17.5 Å². The number of aromatic nitrogens is 1. The number of nitrogens with one attached hydrogen (secondary N) is 1. The molecule has 2 N–H and O–H groups in total. The van der Waals surface area contributed by atoms with Crippen LogP contribution in [0.1, 0.15) is 11.3 Å². The number of phenolic OH excluding ortho intramolecular Hbond substituents is 1. The summed E-state index contributed by atoms with van der Waals surface area (Å²) < 4.78 is 5.10. The van der Waals surface area contributed by atoms with Crippen LogP contribution in [0.2, 0.25) is 5.02 Å². The number of allylic oxidation sites excluding steroid dienone is 1. The Balaban J connectivity index is 1.52. The molecule has 2 aromatic rings. The number of phenols is 1. The molecule has 1 aliphatic rings. The molecular weight excluding hydrogens is 366 g/mol. The summed E-state index contributed by atoms with van der Waals surface area (Å²) in [5, 5.41) is 13.1. The first-order valence-corrected chi connectivity index (χ1v) is 8.80. The summed E-state index contributed by atoms with van der Waals surface area (Å²) in [5.41, 5.74) is 2.14. The van der Waals surface area contributed by atoms with Crippen LogP contribution in [0.5, 0.6) is 11.5 Å². The van der Waals surface area contributed by atoms with E-state index in [0.29, 0.717) is 23.7 Å². The van der Waals surface area contributed by atoms with Crippen molar-refractivity contribution in [2.75, 3.05) is 13.7 Å². The Morgan fingerprint density at radius 2 is 2.22 bits per heavy atom. The number of nitrogens with zero attached hydrogens (tertiary/aromatic N) is 2. The fraction of sp³-hybridized carbons (Fsp3) is 0.200. The van der Waals surface area contributed by atoms with E-state index in [2.05, 4.69) is 15.2 Å². The van der Waals surface area contributed by atoms with Gasteiger partial charge in [0.15, 0.2) is 0 Å². The Labute approximate surface area is 162 Å². The number of pyridine rings is 1. The molecule has 0 fully saturated rings. The quantitative estimate of drug-likeness (QED) is 0.799. The summed E-state index contributed by atoms with van der Waals surface area (Å²) in [6.07, 6.45) is 7.42. The van der Waals surface area contributed by atoms with Crippen LogP contribution in [0.15, 0.2) is 60.6 Å². The van der Waals surface area contributed by atoms with Crippen molar-refractivity contribution in [3.63, 3.8) is 0 Å². The van der Waals surface area contributed by atoms with Gasteiger partial charge in [0.25, 0.3) is 0 Å². The molecule has 2 heterocycles. The molecule has 27 heavy (non-hydrogen) atoms. The average molecular weight is 386 g/mol. The van der Waals surface area contributed by atoms with Crippen LogP contribution < -0.4 is 10.1 Å². The maximum atomic E-state index is 12.2. The summed E-state index contributed by atoms with van der Waals surface area (Å²) in [5.74, 6) is 0.568. The predicted molar refractivity (Wildman–Crippen MR) is 103 cm³/mol. The number of aromatic hydroxyl groups is 1. The SMILES string of the molecule is COc1ccc(CN2C=CC(NC(=O)Cc3cc(Cl)ccc3O)=CC2)nc1. The van der Waals surface area contributed by atoms with Gasteiger partial charge < -0.3 is 20.1 Å². The molecule has 0 saturated heterocycles. The van der Waals surface area contributed by atoms with Crippen molar-refractivity contribution in [1.82, 2.24) is 15.2 Å². The topological polar surface area (TPSA) is 74.7 Å². The molecule has 0 radical (unpaired) electrons. The van der Waals surface area contributed by atoms with Gasteiger partial charge in [0.2, 0.25) is 5.91 Å². The third-order valence-electron chi connectivity index (χ3n) is 4.09. The number of halogens is 1. The van der Waals surface area contributed by atoms with Gasteiger partial charge in [-0.2, -0.15) is 0 Å². The lowest BCUT2D eigenvalue weighted by Gasteiger charge is -2.22. The first-order chi connectivity index (χ1) is 13.0. The maximum absolute atomic E-state index is 12.2. The standard InChI is InChI=1S/C20H20ClN3O3/c1-27-18-4-3-17(22-12-18)13-24-8-6-16(7-9-24)23-20(26)11-14-10-15(21)2-5-19(14)25/h2-8,10,12,25H,9,11,13H2,1H3,(H,23,26). The molecule has 1 aromatic carbocycles. The molecule has 6 nitrogen and oxygen atoms in total. The molecule has 0 unspecified atom stereocenters. The third kappa shape index (κ3) is 5.24. The van der Waals surface area contributed by atoms with Crippen LogP contribution >= 0.6 is 11.6 Å². The van der Waals surface area contributed by atoms with Crippen molar-refractivity contribution in [3.05, 3.63) is 76.9 Å². The van der Waals surface area contributed by atoms with E-state index in [0.717, 1.165) is 17.1 Å². The van der Waals surface area contributed by atoms with Crippen LogP contribution in [0.25, 0.3) is 0 Å². The number of hydrogen-bond donors (Lipinski definition) is 2. The molecule has 1 aliphatic heterocycles. The normalized spacial score (nSPS) is 13.3. The monoisotopic (exact) mass is 385 g/mol. The second-order valence-corrected chi connectivity index (χ2v) is 6.53. The minimum absolute atomic E-state index is 0.0526. The summed E-state index contributed by atoms with van der Waals surface area (Å²) in [7, 11) is 1.61. The minimum Gasteiger partial charge on any atom is -0.508 e. The van der Waals surface area contributed by atoms with Gasteiger partial charge in [0, 0.05) is 29.0 Å². The van der Waals surface area contributed by atoms with E-state index in [4.69, 9.17) is 16.3 Å². The Kier molecular flexibility index (Phi) is 5.98. The van der Waals surface area contributed by atoms with Crippen LogP contribution in [-0.4, -0.2) is 34.6 Å². The molecule has 0 saturated carbocycles. The zero-order valence-corrected chi connectivity index (χ0v) is 15.6. The van der Waals surface area contributed by atoms with E-state index in [1.165, 1.54) is 6.07 Å². The second-order valence-electron chi connectivity index (χ2n) is 6.09. The van der Waals surface area contributed by atoms with Crippen LogP contribution in [-0.2, 0) is 17.8 Å². The average Bonchev–Trinajstić information content (AvgIpc) is 2.67. The Morgan fingerprint density at radius 1 is 1.37 bits per heavy atom. The Hall–Kier alpha value is -2.99. The fourth-order valence-electron chi connectivity index (χ4n) is 2.65. The van der Waals surface area contributed by atoms with Gasteiger partial charge in [0.05, 0.1) is 32.0 Å². The predicted octanol–water partition coefficient (Wildman–Crippen LogP) is 3.02. The molecule has 7 heteroatoms. The highest BCUT2D eigenvalue weighted by Crippen LogP contribution is 2.22. The molecule has 3 rings (SSSR count). The number of carbonyl (C=O) groups is 1. The number of methoxy groups -OCH3 is 1. The number of ether oxygens (including phenoxy) is 1. The van der Waals surface area contributed by atoms with Crippen molar-refractivity contribution in [2.45, 2.75) is 13.0 Å². The molecule has 1 amide bonds. The lowest BCUT2D eigenvalue weighted by molar-refractivity contribution is -0.119. The summed E-state index contributed by atoms with van der Waals surface area (Å²) in [4.78, 5) is 18.6. The van der Waals surface area contributed by atoms with Gasteiger partial charge in [-0.05, 0) is 42.5 Å². The molecule has 0 atom stereocenters. The zero-order chi connectivity index (χ0) is 19.2. The Morgan fingerprint density at radius 3 is 2.89 bits per heavy atom. The van der Waals surface area contributed by atoms with Crippen molar-refractivity contribution in [3.8, 4) is 11.5 Å². The van der Waals surface area contributed by atoms with Crippen molar-refractivity contribution < 1.29 is 14.6 Å². The fourth-order valence-corrected chi connectivity index (χ4v) is 2.84. The van der Waals surface area contributed by atoms with Crippen molar-refractivity contribution in [1.29, 1.82) is 0 Å². The number of hydrogen-bond acceptors (Lipinski definition) is 5. The number of benzene rings is 1. The molecule has 0 spiro atoms. The van der Waals surface area contributed by atoms with E-state index in [1.807, 2.05) is 30.5 Å². The molecule has 1 aromatic heterocycles. The summed E-state index contributed by atoms with van der Waals surface area (Å²) in [6, 6.07) is 8.45.